The molecule has 0 aliphatic carbocycles. The molecule has 1 unspecified atom stereocenters. The lowest BCUT2D eigenvalue weighted by atomic mass is 10.1. The summed E-state index contributed by atoms with van der Waals surface area (Å²) in [5.74, 6) is 0.973. The lowest BCUT2D eigenvalue weighted by Gasteiger charge is -2.09. The van der Waals surface area contributed by atoms with Crippen molar-refractivity contribution in [3.8, 4) is 22.8 Å². The molecule has 3 rings (SSSR count). The van der Waals surface area contributed by atoms with Gasteiger partial charge >= 0.3 is 11.6 Å². The van der Waals surface area contributed by atoms with Crippen LogP contribution in [0.1, 0.15) is 52.4 Å². The van der Waals surface area contributed by atoms with Crippen LogP contribution in [0.2, 0.25) is 0 Å². The first-order valence-corrected chi connectivity index (χ1v) is 11.9. The number of aromatic nitrogens is 1. The lowest BCUT2D eigenvalue weighted by molar-refractivity contribution is -0.148. The van der Waals surface area contributed by atoms with E-state index in [0.29, 0.717) is 36.0 Å². The molecule has 0 saturated heterocycles. The van der Waals surface area contributed by atoms with Crippen molar-refractivity contribution in [2.24, 2.45) is 5.92 Å². The maximum absolute atomic E-state index is 12.5. The van der Waals surface area contributed by atoms with Gasteiger partial charge in [0, 0.05) is 17.6 Å². The number of carbonyl (C=O) groups excluding carboxylic acids is 1. The highest BCUT2D eigenvalue weighted by Crippen LogP contribution is 2.25. The van der Waals surface area contributed by atoms with Crippen molar-refractivity contribution in [3.63, 3.8) is 0 Å². The molecule has 0 amide bonds. The third-order valence-corrected chi connectivity index (χ3v) is 5.77. The van der Waals surface area contributed by atoms with Gasteiger partial charge in [-0.05, 0) is 43.0 Å². The first kappa shape index (κ1) is 25.3. The molecule has 34 heavy (non-hydrogen) atoms. The van der Waals surface area contributed by atoms with Gasteiger partial charge in [-0.2, -0.15) is 0 Å². The number of fused-ring (bicyclic) bond motifs is 1. The molecular weight excluding hydrogens is 434 g/mol. The van der Waals surface area contributed by atoms with Gasteiger partial charge in [0.1, 0.15) is 11.3 Å². The van der Waals surface area contributed by atoms with E-state index in [1.165, 1.54) is 0 Å². The Kier molecular flexibility index (Phi) is 9.50. The highest BCUT2D eigenvalue weighted by atomic mass is 16.5. The van der Waals surface area contributed by atoms with Gasteiger partial charge in [-0.15, -0.1) is 0 Å². The van der Waals surface area contributed by atoms with Crippen LogP contribution in [0, 0.1) is 5.92 Å². The molecule has 3 aromatic rings. The van der Waals surface area contributed by atoms with Crippen molar-refractivity contribution in [3.05, 3.63) is 53.0 Å². The molecule has 0 aliphatic heterocycles. The first-order valence-electron chi connectivity index (χ1n) is 11.9. The molecule has 0 spiro atoms. The third-order valence-electron chi connectivity index (χ3n) is 5.77. The summed E-state index contributed by atoms with van der Waals surface area (Å²) < 4.78 is 21.8. The second-order valence-electron chi connectivity index (χ2n) is 8.33. The van der Waals surface area contributed by atoms with Crippen molar-refractivity contribution in [2.75, 3.05) is 20.3 Å². The third kappa shape index (κ3) is 7.07. The Bertz CT molecular complexity index is 1140. The van der Waals surface area contributed by atoms with Crippen LogP contribution in [0.25, 0.3) is 22.1 Å². The zero-order valence-electron chi connectivity index (χ0n) is 20.2. The molecule has 2 heterocycles. The zero-order chi connectivity index (χ0) is 24.3. The molecule has 7 nitrogen and oxygen atoms in total. The molecule has 1 atom stereocenters. The quantitative estimate of drug-likeness (QED) is 0.232. The maximum atomic E-state index is 12.5. The summed E-state index contributed by atoms with van der Waals surface area (Å²) in [6, 6.07) is 10.7. The Morgan fingerprint density at radius 3 is 2.59 bits per heavy atom. The number of hydrogen-bond acceptors (Lipinski definition) is 7. The van der Waals surface area contributed by atoms with Gasteiger partial charge in [0.05, 0.1) is 31.8 Å². The van der Waals surface area contributed by atoms with Gasteiger partial charge in [0.25, 0.3) is 0 Å². The Hall–Kier alpha value is -3.35. The molecule has 1 aromatic carbocycles. The normalized spacial score (nSPS) is 11.9. The fourth-order valence-electron chi connectivity index (χ4n) is 3.46. The van der Waals surface area contributed by atoms with Crippen LogP contribution in [0.4, 0.5) is 0 Å². The summed E-state index contributed by atoms with van der Waals surface area (Å²) in [5.41, 5.74) is 1.20. The number of pyridine rings is 1. The standard InChI is InChI=1S/C27H33NO6/c1-4-19(2)26(29)33-14-9-7-5-6-8-13-32-25-17-24-21(18-28-25)16-23(27(30)34-24)20-11-10-12-22(15-20)31-3/h10-12,15-19H,4-9,13-14H2,1-3H3. The lowest BCUT2D eigenvalue weighted by Crippen LogP contribution is -2.14. The minimum Gasteiger partial charge on any atom is -0.497 e. The Morgan fingerprint density at radius 1 is 1.06 bits per heavy atom. The van der Waals surface area contributed by atoms with Gasteiger partial charge < -0.3 is 18.6 Å². The van der Waals surface area contributed by atoms with E-state index in [2.05, 4.69) is 4.98 Å². The van der Waals surface area contributed by atoms with Crippen LogP contribution < -0.4 is 15.1 Å². The van der Waals surface area contributed by atoms with Gasteiger partial charge in [-0.1, -0.05) is 45.2 Å². The molecule has 0 saturated carbocycles. The van der Waals surface area contributed by atoms with E-state index in [0.717, 1.165) is 49.5 Å². The van der Waals surface area contributed by atoms with Crippen LogP contribution in [0.3, 0.4) is 0 Å². The fourth-order valence-corrected chi connectivity index (χ4v) is 3.46. The van der Waals surface area contributed by atoms with E-state index in [1.54, 1.807) is 31.5 Å². The van der Waals surface area contributed by atoms with Crippen LogP contribution in [0.15, 0.2) is 51.8 Å². The number of ether oxygens (including phenoxy) is 3. The second kappa shape index (κ2) is 12.8. The average molecular weight is 468 g/mol. The van der Waals surface area contributed by atoms with Gasteiger partial charge in [-0.3, -0.25) is 4.79 Å². The van der Waals surface area contributed by atoms with Crippen molar-refractivity contribution in [1.82, 2.24) is 4.98 Å². The van der Waals surface area contributed by atoms with Gasteiger partial charge in [0.15, 0.2) is 0 Å². The number of unbranched alkanes of at least 4 members (excludes halogenated alkanes) is 4. The summed E-state index contributed by atoms with van der Waals surface area (Å²) in [4.78, 5) is 28.5. The second-order valence-corrected chi connectivity index (χ2v) is 8.33. The van der Waals surface area contributed by atoms with E-state index in [1.807, 2.05) is 32.0 Å². The Balaban J connectivity index is 1.44. The highest BCUT2D eigenvalue weighted by molar-refractivity contribution is 5.81. The minimum atomic E-state index is -0.423. The smallest absolute Gasteiger partial charge is 0.344 e. The topological polar surface area (TPSA) is 87.9 Å². The summed E-state index contributed by atoms with van der Waals surface area (Å²) in [6.45, 7) is 4.90. The number of rotatable bonds is 13. The van der Waals surface area contributed by atoms with Crippen LogP contribution >= 0.6 is 0 Å². The molecular formula is C27H33NO6. The number of esters is 1. The number of methoxy groups -OCH3 is 1. The van der Waals surface area contributed by atoms with E-state index < -0.39 is 5.63 Å². The van der Waals surface area contributed by atoms with E-state index in [4.69, 9.17) is 18.6 Å². The minimum absolute atomic E-state index is 0.0242. The molecule has 0 N–H and O–H groups in total. The maximum Gasteiger partial charge on any atom is 0.344 e. The molecule has 0 aliphatic rings. The molecule has 7 heteroatoms. The average Bonchev–Trinajstić information content (AvgIpc) is 2.86. The highest BCUT2D eigenvalue weighted by Gasteiger charge is 2.12. The summed E-state index contributed by atoms with van der Waals surface area (Å²) in [7, 11) is 1.58. The zero-order valence-corrected chi connectivity index (χ0v) is 20.2. The summed E-state index contributed by atoms with van der Waals surface area (Å²) >= 11 is 0. The van der Waals surface area contributed by atoms with E-state index in [-0.39, 0.29) is 11.9 Å². The van der Waals surface area contributed by atoms with Crippen molar-refractivity contribution in [1.29, 1.82) is 0 Å². The molecule has 0 bridgehead atoms. The largest absolute Gasteiger partial charge is 0.497 e. The monoisotopic (exact) mass is 467 g/mol. The summed E-state index contributed by atoms with van der Waals surface area (Å²) in [5, 5.41) is 0.721. The van der Waals surface area contributed by atoms with Crippen molar-refractivity contribution >= 4 is 16.9 Å². The van der Waals surface area contributed by atoms with Gasteiger partial charge in [-0.25, -0.2) is 9.78 Å². The Morgan fingerprint density at radius 2 is 1.82 bits per heavy atom. The first-order chi connectivity index (χ1) is 16.5. The fraction of sp³-hybridized carbons (Fsp3) is 0.444. The van der Waals surface area contributed by atoms with E-state index >= 15 is 0 Å². The van der Waals surface area contributed by atoms with Crippen LogP contribution in [0.5, 0.6) is 11.6 Å². The number of nitrogens with zero attached hydrogens (tertiary/aromatic N) is 1. The molecule has 0 fully saturated rings. The van der Waals surface area contributed by atoms with Crippen LogP contribution in [-0.4, -0.2) is 31.3 Å². The summed E-state index contributed by atoms with van der Waals surface area (Å²) in [6.07, 6.45) is 7.32. The molecule has 2 aromatic heterocycles. The molecule has 182 valence electrons. The molecule has 0 radical (unpaired) electrons. The van der Waals surface area contributed by atoms with Crippen molar-refractivity contribution < 1.29 is 23.4 Å². The predicted octanol–water partition coefficient (Wildman–Crippen LogP) is 5.78. The van der Waals surface area contributed by atoms with Gasteiger partial charge in [0.2, 0.25) is 5.88 Å². The number of benzene rings is 1. The van der Waals surface area contributed by atoms with Crippen molar-refractivity contribution in [2.45, 2.75) is 52.4 Å². The number of hydrogen-bond donors (Lipinski definition) is 0. The Labute approximate surface area is 200 Å². The van der Waals surface area contributed by atoms with Crippen LogP contribution in [-0.2, 0) is 9.53 Å². The number of carbonyl (C=O) groups is 1. The predicted molar refractivity (Wildman–Crippen MR) is 131 cm³/mol. The van der Waals surface area contributed by atoms with E-state index in [9.17, 15) is 9.59 Å². The SMILES string of the molecule is CCC(C)C(=O)OCCCCCCCOc1cc2oc(=O)c(-c3cccc(OC)c3)cc2cn1.